The average Bonchev–Trinajstić information content (AvgIpc) is 2.52. The third-order valence-corrected chi connectivity index (χ3v) is 3.87. The molecule has 0 spiro atoms. The largest absolute Gasteiger partial charge is 0.389 e. The van der Waals surface area contributed by atoms with Gasteiger partial charge in [0.2, 0.25) is 5.91 Å². The number of nitrogens with one attached hydrogen (secondary N) is 1. The van der Waals surface area contributed by atoms with E-state index in [9.17, 15) is 14.7 Å². The van der Waals surface area contributed by atoms with Crippen LogP contribution in [0.2, 0.25) is 0 Å². The smallest absolute Gasteiger partial charge is 0.253 e. The number of nitrogens with zero attached hydrogens (tertiary/aromatic N) is 1. The number of piperidine rings is 1. The van der Waals surface area contributed by atoms with Crippen LogP contribution in [0.4, 0.5) is 0 Å². The Labute approximate surface area is 131 Å². The Morgan fingerprint density at radius 1 is 1.23 bits per heavy atom. The minimum absolute atomic E-state index is 0.0240. The van der Waals surface area contributed by atoms with Crippen LogP contribution in [-0.4, -0.2) is 47.1 Å². The highest BCUT2D eigenvalue weighted by Crippen LogP contribution is 2.19. The van der Waals surface area contributed by atoms with E-state index in [4.69, 9.17) is 0 Å². The Morgan fingerprint density at radius 2 is 1.82 bits per heavy atom. The maximum absolute atomic E-state index is 12.3. The Bertz CT molecular complexity index is 514. The maximum atomic E-state index is 12.3. The van der Waals surface area contributed by atoms with Crippen molar-refractivity contribution in [2.75, 3.05) is 19.6 Å². The van der Waals surface area contributed by atoms with Crippen molar-refractivity contribution in [2.45, 2.75) is 32.3 Å². The molecule has 0 radical (unpaired) electrons. The number of rotatable bonds is 4. The van der Waals surface area contributed by atoms with Crippen molar-refractivity contribution in [3.05, 3.63) is 35.9 Å². The van der Waals surface area contributed by atoms with Crippen LogP contribution >= 0.6 is 0 Å². The molecule has 1 aliphatic rings. The molecule has 0 saturated carbocycles. The molecule has 1 aromatic carbocycles. The fourth-order valence-corrected chi connectivity index (χ4v) is 2.56. The molecular formula is C17H24N2O3. The first-order chi connectivity index (χ1) is 10.4. The van der Waals surface area contributed by atoms with Crippen molar-refractivity contribution in [1.82, 2.24) is 10.2 Å². The molecule has 0 aliphatic carbocycles. The lowest BCUT2D eigenvalue weighted by Crippen LogP contribution is -2.45. The average molecular weight is 304 g/mol. The Kier molecular flexibility index (Phi) is 5.19. The van der Waals surface area contributed by atoms with Crippen LogP contribution < -0.4 is 5.32 Å². The Hall–Kier alpha value is -1.88. The molecule has 0 atom stereocenters. The summed E-state index contributed by atoms with van der Waals surface area (Å²) in [7, 11) is 0. The molecule has 5 nitrogen and oxygen atoms in total. The molecule has 22 heavy (non-hydrogen) atoms. The molecule has 1 fully saturated rings. The van der Waals surface area contributed by atoms with Gasteiger partial charge < -0.3 is 15.3 Å². The van der Waals surface area contributed by atoms with Crippen molar-refractivity contribution in [1.29, 1.82) is 0 Å². The second-order valence-electron chi connectivity index (χ2n) is 6.46. The van der Waals surface area contributed by atoms with Gasteiger partial charge in [-0.3, -0.25) is 9.59 Å². The standard InChI is InChI=1S/C17H24N2O3/c1-17(2,22)12-18-15(20)13-8-10-19(11-9-13)16(21)14-6-4-3-5-7-14/h3-7,13,22H,8-12H2,1-2H3,(H,18,20). The quantitative estimate of drug-likeness (QED) is 0.884. The van der Waals surface area contributed by atoms with Crippen LogP contribution in [-0.2, 0) is 4.79 Å². The van der Waals surface area contributed by atoms with Gasteiger partial charge >= 0.3 is 0 Å². The first-order valence-electron chi connectivity index (χ1n) is 7.71. The topological polar surface area (TPSA) is 69.6 Å². The molecule has 0 bridgehead atoms. The Morgan fingerprint density at radius 3 is 2.36 bits per heavy atom. The van der Waals surface area contributed by atoms with Gasteiger partial charge in [-0.2, -0.15) is 0 Å². The molecule has 2 rings (SSSR count). The van der Waals surface area contributed by atoms with Gasteiger partial charge in [0.25, 0.3) is 5.91 Å². The van der Waals surface area contributed by atoms with Gasteiger partial charge in [0, 0.05) is 31.1 Å². The summed E-state index contributed by atoms with van der Waals surface area (Å²) in [6.07, 6.45) is 1.33. The summed E-state index contributed by atoms with van der Waals surface area (Å²) in [5.41, 5.74) is -0.216. The summed E-state index contributed by atoms with van der Waals surface area (Å²) < 4.78 is 0. The minimum Gasteiger partial charge on any atom is -0.389 e. The number of amides is 2. The van der Waals surface area contributed by atoms with E-state index in [0.717, 1.165) is 0 Å². The van der Waals surface area contributed by atoms with Crippen molar-refractivity contribution in [3.8, 4) is 0 Å². The lowest BCUT2D eigenvalue weighted by Gasteiger charge is -2.32. The van der Waals surface area contributed by atoms with Crippen molar-refractivity contribution < 1.29 is 14.7 Å². The maximum Gasteiger partial charge on any atom is 0.253 e. The normalized spacial score (nSPS) is 16.4. The zero-order valence-electron chi connectivity index (χ0n) is 13.2. The number of likely N-dealkylation sites (tertiary alicyclic amines) is 1. The van der Waals surface area contributed by atoms with Gasteiger partial charge in [0.1, 0.15) is 0 Å². The second-order valence-corrected chi connectivity index (χ2v) is 6.46. The zero-order chi connectivity index (χ0) is 16.2. The molecule has 120 valence electrons. The number of hydrogen-bond donors (Lipinski definition) is 2. The fourth-order valence-electron chi connectivity index (χ4n) is 2.56. The van der Waals surface area contributed by atoms with Crippen LogP contribution in [0.1, 0.15) is 37.0 Å². The first kappa shape index (κ1) is 16.5. The van der Waals surface area contributed by atoms with Crippen molar-refractivity contribution in [3.63, 3.8) is 0 Å². The summed E-state index contributed by atoms with van der Waals surface area (Å²) in [6.45, 7) is 4.75. The third kappa shape index (κ3) is 4.56. The number of carbonyl (C=O) groups excluding carboxylic acids is 2. The molecular weight excluding hydrogens is 280 g/mol. The van der Waals surface area contributed by atoms with E-state index in [-0.39, 0.29) is 24.3 Å². The van der Waals surface area contributed by atoms with Gasteiger partial charge in [-0.15, -0.1) is 0 Å². The molecule has 2 N–H and O–H groups in total. The van der Waals surface area contributed by atoms with Crippen molar-refractivity contribution in [2.24, 2.45) is 5.92 Å². The highest BCUT2D eigenvalue weighted by atomic mass is 16.3. The van der Waals surface area contributed by atoms with E-state index < -0.39 is 5.60 Å². The van der Waals surface area contributed by atoms with Gasteiger partial charge in [-0.05, 0) is 38.8 Å². The molecule has 1 aliphatic heterocycles. The number of aliphatic hydroxyl groups is 1. The molecule has 5 heteroatoms. The van der Waals surface area contributed by atoms with Crippen LogP contribution in [0.3, 0.4) is 0 Å². The van der Waals surface area contributed by atoms with Gasteiger partial charge in [-0.25, -0.2) is 0 Å². The van der Waals surface area contributed by atoms with E-state index in [1.165, 1.54) is 0 Å². The third-order valence-electron chi connectivity index (χ3n) is 3.87. The van der Waals surface area contributed by atoms with E-state index in [1.54, 1.807) is 18.7 Å². The van der Waals surface area contributed by atoms with Gasteiger partial charge in [0.15, 0.2) is 0 Å². The van der Waals surface area contributed by atoms with E-state index in [2.05, 4.69) is 5.32 Å². The van der Waals surface area contributed by atoms with Crippen LogP contribution in [0.5, 0.6) is 0 Å². The lowest BCUT2D eigenvalue weighted by molar-refractivity contribution is -0.127. The number of carbonyl (C=O) groups is 2. The van der Waals surface area contributed by atoms with E-state index in [1.807, 2.05) is 30.3 Å². The SMILES string of the molecule is CC(C)(O)CNC(=O)C1CCN(C(=O)c2ccccc2)CC1. The summed E-state index contributed by atoms with van der Waals surface area (Å²) in [4.78, 5) is 26.2. The highest BCUT2D eigenvalue weighted by Gasteiger charge is 2.28. The van der Waals surface area contributed by atoms with Crippen LogP contribution in [0, 0.1) is 5.92 Å². The van der Waals surface area contributed by atoms with E-state index in [0.29, 0.717) is 31.5 Å². The predicted octanol–water partition coefficient (Wildman–Crippen LogP) is 1.43. The lowest BCUT2D eigenvalue weighted by atomic mass is 9.95. The van der Waals surface area contributed by atoms with E-state index >= 15 is 0 Å². The number of benzene rings is 1. The van der Waals surface area contributed by atoms with Crippen molar-refractivity contribution >= 4 is 11.8 Å². The molecule has 1 saturated heterocycles. The second kappa shape index (κ2) is 6.92. The van der Waals surface area contributed by atoms with Gasteiger partial charge in [-0.1, -0.05) is 18.2 Å². The van der Waals surface area contributed by atoms with Crippen LogP contribution in [0.15, 0.2) is 30.3 Å². The van der Waals surface area contributed by atoms with Gasteiger partial charge in [0.05, 0.1) is 5.60 Å². The molecule has 0 unspecified atom stereocenters. The molecule has 1 heterocycles. The first-order valence-corrected chi connectivity index (χ1v) is 7.71. The highest BCUT2D eigenvalue weighted by molar-refractivity contribution is 5.94. The Balaban J connectivity index is 1.83. The van der Waals surface area contributed by atoms with Crippen LogP contribution in [0.25, 0.3) is 0 Å². The zero-order valence-corrected chi connectivity index (χ0v) is 13.2. The summed E-state index contributed by atoms with van der Waals surface area (Å²) in [5, 5.41) is 12.4. The summed E-state index contributed by atoms with van der Waals surface area (Å²) >= 11 is 0. The molecule has 0 aromatic heterocycles. The monoisotopic (exact) mass is 304 g/mol. The number of hydrogen-bond acceptors (Lipinski definition) is 3. The minimum atomic E-state index is -0.903. The summed E-state index contributed by atoms with van der Waals surface area (Å²) in [5.74, 6) is -0.0907. The predicted molar refractivity (Wildman–Crippen MR) is 84.4 cm³/mol. The summed E-state index contributed by atoms with van der Waals surface area (Å²) in [6, 6.07) is 9.21. The fraction of sp³-hybridized carbons (Fsp3) is 0.529. The molecule has 2 amide bonds. The molecule has 1 aromatic rings.